The minimum atomic E-state index is -0.281. The molecule has 0 saturated carbocycles. The van der Waals surface area contributed by atoms with Crippen molar-refractivity contribution in [1.29, 1.82) is 5.26 Å². The number of nitriles is 1. The summed E-state index contributed by atoms with van der Waals surface area (Å²) in [5, 5.41) is 8.96. The van der Waals surface area contributed by atoms with Gasteiger partial charge >= 0.3 is 0 Å². The van der Waals surface area contributed by atoms with E-state index in [-0.39, 0.29) is 11.5 Å². The highest BCUT2D eigenvalue weighted by molar-refractivity contribution is 9.11. The first-order valence-electron chi connectivity index (χ1n) is 8.66. The standard InChI is InChI=1S/C14H9FN4.C6H3Br2N3/c15-12-4-2-1-3-10(12)7-13-14-17-5-6-19(14)9-11(8-16)18-13;7-4-3-11-2-1-9-6(11)5(8)10-4/h1-6,9H,7H2;1-3H. The highest BCUT2D eigenvalue weighted by Gasteiger charge is 2.10. The van der Waals surface area contributed by atoms with E-state index in [4.69, 9.17) is 5.26 Å². The lowest BCUT2D eigenvalue weighted by molar-refractivity contribution is 0.613. The van der Waals surface area contributed by atoms with Crippen molar-refractivity contribution < 1.29 is 4.39 Å². The number of benzene rings is 1. The minimum Gasteiger partial charge on any atom is -0.303 e. The quantitative estimate of drug-likeness (QED) is 0.334. The van der Waals surface area contributed by atoms with Gasteiger partial charge in [-0.25, -0.2) is 24.3 Å². The van der Waals surface area contributed by atoms with E-state index < -0.39 is 0 Å². The van der Waals surface area contributed by atoms with Crippen LogP contribution < -0.4 is 0 Å². The maximum Gasteiger partial charge on any atom is 0.170 e. The van der Waals surface area contributed by atoms with Crippen LogP contribution in [-0.4, -0.2) is 28.7 Å². The van der Waals surface area contributed by atoms with E-state index in [2.05, 4.69) is 51.8 Å². The molecular formula is C20H12Br2FN7. The molecule has 5 aromatic rings. The van der Waals surface area contributed by atoms with Crippen LogP contribution in [0.4, 0.5) is 4.39 Å². The molecule has 4 aromatic heterocycles. The monoisotopic (exact) mass is 527 g/mol. The molecule has 0 radical (unpaired) electrons. The summed E-state index contributed by atoms with van der Waals surface area (Å²) in [7, 11) is 0. The molecule has 0 atom stereocenters. The van der Waals surface area contributed by atoms with Crippen LogP contribution in [0, 0.1) is 17.1 Å². The van der Waals surface area contributed by atoms with Gasteiger partial charge in [0.25, 0.3) is 0 Å². The lowest BCUT2D eigenvalue weighted by Gasteiger charge is -2.05. The molecule has 7 nitrogen and oxygen atoms in total. The lowest BCUT2D eigenvalue weighted by atomic mass is 10.1. The van der Waals surface area contributed by atoms with Gasteiger partial charge in [-0.2, -0.15) is 5.26 Å². The molecule has 0 saturated heterocycles. The van der Waals surface area contributed by atoms with E-state index in [9.17, 15) is 4.39 Å². The second-order valence-electron chi connectivity index (χ2n) is 6.12. The van der Waals surface area contributed by atoms with E-state index in [0.717, 1.165) is 14.9 Å². The first-order valence-corrected chi connectivity index (χ1v) is 10.2. The molecule has 148 valence electrons. The Labute approximate surface area is 187 Å². The van der Waals surface area contributed by atoms with Gasteiger partial charge < -0.3 is 8.80 Å². The highest BCUT2D eigenvalue weighted by atomic mass is 79.9. The Morgan fingerprint density at radius 2 is 1.67 bits per heavy atom. The fourth-order valence-corrected chi connectivity index (χ4v) is 3.99. The van der Waals surface area contributed by atoms with Crippen LogP contribution in [0.2, 0.25) is 0 Å². The molecule has 0 spiro atoms. The van der Waals surface area contributed by atoms with Crippen LogP contribution in [-0.2, 0) is 6.42 Å². The molecule has 0 amide bonds. The molecule has 10 heteroatoms. The van der Waals surface area contributed by atoms with E-state index in [1.807, 2.05) is 22.9 Å². The van der Waals surface area contributed by atoms with Crippen molar-refractivity contribution in [2.24, 2.45) is 0 Å². The van der Waals surface area contributed by atoms with Crippen molar-refractivity contribution >= 4 is 43.2 Å². The summed E-state index contributed by atoms with van der Waals surface area (Å²) in [6, 6.07) is 8.52. The zero-order valence-electron chi connectivity index (χ0n) is 15.2. The maximum atomic E-state index is 13.7. The number of imidazole rings is 2. The molecule has 0 aliphatic rings. The number of nitrogens with zero attached hydrogens (tertiary/aromatic N) is 7. The zero-order valence-corrected chi connectivity index (χ0v) is 18.4. The van der Waals surface area contributed by atoms with Gasteiger partial charge in [0.05, 0.1) is 5.69 Å². The SMILES string of the molecule is Brc1cn2ccnc2c(Br)n1.N#Cc1cn2ccnc2c(Cc2ccccc2F)n1. The molecule has 1 aromatic carbocycles. The fourth-order valence-electron chi connectivity index (χ4n) is 2.86. The Morgan fingerprint density at radius 3 is 2.40 bits per heavy atom. The molecular weight excluding hydrogens is 517 g/mol. The molecule has 4 heterocycles. The molecule has 0 aliphatic carbocycles. The Hall–Kier alpha value is -3.16. The van der Waals surface area contributed by atoms with Gasteiger partial charge in [0, 0.05) is 43.6 Å². The molecule has 0 N–H and O–H groups in total. The zero-order chi connectivity index (χ0) is 21.1. The van der Waals surface area contributed by atoms with Crippen molar-refractivity contribution in [1.82, 2.24) is 28.7 Å². The Bertz CT molecular complexity index is 1390. The second-order valence-corrected chi connectivity index (χ2v) is 7.69. The molecule has 5 rings (SSSR count). The summed E-state index contributed by atoms with van der Waals surface area (Å²) in [5.74, 6) is -0.281. The third kappa shape index (κ3) is 4.22. The smallest absolute Gasteiger partial charge is 0.170 e. The number of hydrogen-bond acceptors (Lipinski definition) is 5. The van der Waals surface area contributed by atoms with Gasteiger partial charge in [-0.1, -0.05) is 18.2 Å². The molecule has 0 fully saturated rings. The first-order chi connectivity index (χ1) is 14.5. The third-order valence-corrected chi connectivity index (χ3v) is 5.09. The van der Waals surface area contributed by atoms with Crippen LogP contribution in [0.15, 0.2) is 70.7 Å². The normalized spacial score (nSPS) is 10.6. The van der Waals surface area contributed by atoms with E-state index in [1.165, 1.54) is 6.07 Å². The highest BCUT2D eigenvalue weighted by Crippen LogP contribution is 2.17. The Morgan fingerprint density at radius 1 is 0.967 bits per heavy atom. The van der Waals surface area contributed by atoms with Crippen LogP contribution in [0.25, 0.3) is 11.3 Å². The maximum absolute atomic E-state index is 13.7. The third-order valence-electron chi connectivity index (χ3n) is 4.18. The van der Waals surface area contributed by atoms with Gasteiger partial charge in [-0.3, -0.25) is 0 Å². The van der Waals surface area contributed by atoms with Crippen molar-refractivity contribution in [2.75, 3.05) is 0 Å². The van der Waals surface area contributed by atoms with Crippen LogP contribution in [0.3, 0.4) is 0 Å². The summed E-state index contributed by atoms with van der Waals surface area (Å²) in [5.41, 5.74) is 2.89. The predicted octanol–water partition coefficient (Wildman–Crippen LogP) is 4.59. The van der Waals surface area contributed by atoms with E-state index in [0.29, 0.717) is 23.3 Å². The van der Waals surface area contributed by atoms with Crippen LogP contribution in [0.1, 0.15) is 17.0 Å². The number of rotatable bonds is 2. The van der Waals surface area contributed by atoms with Crippen molar-refractivity contribution in [3.05, 3.63) is 93.4 Å². The fraction of sp³-hybridized carbons (Fsp3) is 0.0500. The number of halogens is 3. The number of fused-ring (bicyclic) bond motifs is 2. The van der Waals surface area contributed by atoms with Crippen molar-refractivity contribution in [3.63, 3.8) is 0 Å². The summed E-state index contributed by atoms with van der Waals surface area (Å²) >= 11 is 6.58. The van der Waals surface area contributed by atoms with E-state index in [1.54, 1.807) is 47.4 Å². The number of aromatic nitrogens is 6. The average molecular weight is 529 g/mol. The van der Waals surface area contributed by atoms with Gasteiger partial charge in [0.1, 0.15) is 16.5 Å². The number of hydrogen-bond donors (Lipinski definition) is 0. The van der Waals surface area contributed by atoms with Gasteiger partial charge in [-0.05, 0) is 43.5 Å². The van der Waals surface area contributed by atoms with Gasteiger partial charge in [0.15, 0.2) is 21.6 Å². The summed E-state index contributed by atoms with van der Waals surface area (Å²) in [6.07, 6.45) is 10.7. The summed E-state index contributed by atoms with van der Waals surface area (Å²) in [4.78, 5) is 16.6. The summed E-state index contributed by atoms with van der Waals surface area (Å²) < 4.78 is 18.8. The predicted molar refractivity (Wildman–Crippen MR) is 115 cm³/mol. The van der Waals surface area contributed by atoms with Crippen LogP contribution in [0.5, 0.6) is 0 Å². The van der Waals surface area contributed by atoms with Crippen molar-refractivity contribution in [3.8, 4) is 6.07 Å². The topological polar surface area (TPSA) is 84.2 Å². The minimum absolute atomic E-state index is 0.281. The molecule has 0 bridgehead atoms. The Kier molecular flexibility index (Phi) is 5.83. The average Bonchev–Trinajstić information content (AvgIpc) is 3.39. The van der Waals surface area contributed by atoms with Crippen LogP contribution >= 0.6 is 31.9 Å². The lowest BCUT2D eigenvalue weighted by Crippen LogP contribution is -2.02. The molecule has 0 unspecified atom stereocenters. The van der Waals surface area contributed by atoms with Gasteiger partial charge in [0.2, 0.25) is 0 Å². The summed E-state index contributed by atoms with van der Waals surface area (Å²) in [6.45, 7) is 0. The van der Waals surface area contributed by atoms with E-state index >= 15 is 0 Å². The van der Waals surface area contributed by atoms with Crippen molar-refractivity contribution in [2.45, 2.75) is 6.42 Å². The molecule has 30 heavy (non-hydrogen) atoms. The molecule has 0 aliphatic heterocycles. The Balaban J connectivity index is 0.000000168. The van der Waals surface area contributed by atoms with Gasteiger partial charge in [-0.15, -0.1) is 0 Å². The largest absolute Gasteiger partial charge is 0.303 e. The second kappa shape index (κ2) is 8.69. The first kappa shape index (κ1) is 20.1.